The van der Waals surface area contributed by atoms with Crippen LogP contribution in [0.25, 0.3) is 10.6 Å². The molecule has 0 aliphatic carbocycles. The summed E-state index contributed by atoms with van der Waals surface area (Å²) in [5.74, 6) is -0.0174. The Balaban J connectivity index is 1.99. The third-order valence-corrected chi connectivity index (χ3v) is 3.95. The van der Waals surface area contributed by atoms with E-state index in [-0.39, 0.29) is 5.91 Å². The Hall–Kier alpha value is -1.43. The molecule has 1 aromatic carbocycles. The molecule has 0 aliphatic heterocycles. The highest BCUT2D eigenvalue weighted by Crippen LogP contribution is 2.30. The number of benzene rings is 1. The van der Waals surface area contributed by atoms with Crippen LogP contribution in [-0.2, 0) is 11.2 Å². The van der Waals surface area contributed by atoms with Crippen LogP contribution in [0.5, 0.6) is 0 Å². The van der Waals surface area contributed by atoms with E-state index in [1.54, 1.807) is 0 Å². The van der Waals surface area contributed by atoms with Crippen molar-refractivity contribution >= 4 is 28.8 Å². The Kier molecular flexibility index (Phi) is 5.52. The first-order valence-corrected chi connectivity index (χ1v) is 7.57. The van der Waals surface area contributed by atoms with E-state index in [0.29, 0.717) is 18.0 Å². The molecule has 0 bridgehead atoms. The fourth-order valence-electron chi connectivity index (χ4n) is 1.70. The van der Waals surface area contributed by atoms with Gasteiger partial charge in [-0.1, -0.05) is 29.8 Å². The maximum atomic E-state index is 11.7. The van der Waals surface area contributed by atoms with E-state index < -0.39 is 0 Å². The summed E-state index contributed by atoms with van der Waals surface area (Å²) in [6.07, 6.45) is 0.296. The maximum Gasteiger partial charge on any atom is 0.226 e. The van der Waals surface area contributed by atoms with Crippen LogP contribution in [0.4, 0.5) is 0 Å². The van der Waals surface area contributed by atoms with Gasteiger partial charge in [0.25, 0.3) is 0 Å². The number of carbonyl (C=O) groups is 1. The fraction of sp³-hybridized carbons (Fsp3) is 0.286. The number of rotatable bonds is 6. The smallest absolute Gasteiger partial charge is 0.226 e. The highest BCUT2D eigenvalue weighted by molar-refractivity contribution is 7.13. The van der Waals surface area contributed by atoms with Crippen molar-refractivity contribution in [2.75, 3.05) is 20.1 Å². The average Bonchev–Trinajstić information content (AvgIpc) is 2.88. The minimum absolute atomic E-state index is 0.0174. The summed E-state index contributed by atoms with van der Waals surface area (Å²) in [5, 5.41) is 9.22. The molecule has 4 nitrogen and oxygen atoms in total. The predicted octanol–water partition coefficient (Wildman–Crippen LogP) is 2.34. The van der Waals surface area contributed by atoms with Crippen molar-refractivity contribution in [3.05, 3.63) is 40.4 Å². The monoisotopic (exact) mass is 309 g/mol. The molecule has 0 unspecified atom stereocenters. The van der Waals surface area contributed by atoms with Crippen LogP contribution in [0, 0.1) is 0 Å². The summed E-state index contributed by atoms with van der Waals surface area (Å²) < 4.78 is 0. The molecule has 2 aromatic rings. The lowest BCUT2D eigenvalue weighted by Crippen LogP contribution is -2.31. The third-order valence-electron chi connectivity index (χ3n) is 2.69. The van der Waals surface area contributed by atoms with Crippen LogP contribution in [0.15, 0.2) is 29.6 Å². The van der Waals surface area contributed by atoms with Gasteiger partial charge in [-0.3, -0.25) is 4.79 Å². The Bertz CT molecular complexity index is 585. The minimum atomic E-state index is -0.0174. The van der Waals surface area contributed by atoms with Gasteiger partial charge in [-0.15, -0.1) is 11.3 Å². The molecule has 0 fully saturated rings. The highest BCUT2D eigenvalue weighted by Gasteiger charge is 2.10. The van der Waals surface area contributed by atoms with Crippen LogP contribution >= 0.6 is 22.9 Å². The molecule has 0 atom stereocenters. The summed E-state index contributed by atoms with van der Waals surface area (Å²) in [6, 6.07) is 7.57. The molecule has 0 aliphatic rings. The van der Waals surface area contributed by atoms with E-state index >= 15 is 0 Å². The summed E-state index contributed by atoms with van der Waals surface area (Å²) >= 11 is 7.64. The van der Waals surface area contributed by atoms with Crippen molar-refractivity contribution in [3.63, 3.8) is 0 Å². The molecule has 0 radical (unpaired) electrons. The SMILES string of the molecule is CNCCNC(=O)Cc1csc(-c2ccccc2Cl)n1. The molecular formula is C14H16ClN3OS. The lowest BCUT2D eigenvalue weighted by molar-refractivity contribution is -0.120. The first-order chi connectivity index (χ1) is 9.70. The molecule has 0 saturated heterocycles. The van der Waals surface area contributed by atoms with Gasteiger partial charge in [0.2, 0.25) is 5.91 Å². The maximum absolute atomic E-state index is 11.7. The first-order valence-electron chi connectivity index (χ1n) is 6.31. The third kappa shape index (κ3) is 4.03. The highest BCUT2D eigenvalue weighted by atomic mass is 35.5. The Morgan fingerprint density at radius 1 is 1.35 bits per heavy atom. The number of thiazole rings is 1. The van der Waals surface area contributed by atoms with Crippen molar-refractivity contribution in [1.29, 1.82) is 0 Å². The van der Waals surface area contributed by atoms with Crippen LogP contribution in [0.2, 0.25) is 5.02 Å². The number of likely N-dealkylation sites (N-methyl/N-ethyl adjacent to an activating group) is 1. The molecule has 0 saturated carbocycles. The van der Waals surface area contributed by atoms with Crippen LogP contribution in [-0.4, -0.2) is 31.0 Å². The lowest BCUT2D eigenvalue weighted by Gasteiger charge is -2.02. The first kappa shape index (κ1) is 15.0. The molecule has 6 heteroatoms. The standard InChI is InChI=1S/C14H16ClN3OS/c1-16-6-7-17-13(19)8-10-9-20-14(18-10)11-4-2-3-5-12(11)15/h2-5,9,16H,6-8H2,1H3,(H,17,19). The molecule has 1 heterocycles. The molecular weight excluding hydrogens is 294 g/mol. The van der Waals surface area contributed by atoms with Crippen molar-refractivity contribution in [3.8, 4) is 10.6 Å². The van der Waals surface area contributed by atoms with Crippen LogP contribution in [0.1, 0.15) is 5.69 Å². The van der Waals surface area contributed by atoms with Crippen molar-refractivity contribution in [2.24, 2.45) is 0 Å². The number of nitrogens with zero attached hydrogens (tertiary/aromatic N) is 1. The zero-order chi connectivity index (χ0) is 14.4. The largest absolute Gasteiger partial charge is 0.354 e. The van der Waals surface area contributed by atoms with Crippen LogP contribution in [0.3, 0.4) is 0 Å². The Morgan fingerprint density at radius 3 is 2.90 bits per heavy atom. The van der Waals surface area contributed by atoms with E-state index in [1.165, 1.54) is 11.3 Å². The molecule has 20 heavy (non-hydrogen) atoms. The molecule has 2 N–H and O–H groups in total. The molecule has 106 valence electrons. The number of hydrogen-bond acceptors (Lipinski definition) is 4. The number of halogens is 1. The number of carbonyl (C=O) groups excluding carboxylic acids is 1. The lowest BCUT2D eigenvalue weighted by atomic mass is 10.2. The average molecular weight is 310 g/mol. The number of nitrogens with one attached hydrogen (secondary N) is 2. The predicted molar refractivity (Wildman–Crippen MR) is 83.2 cm³/mol. The van der Waals surface area contributed by atoms with Gasteiger partial charge in [0.15, 0.2) is 0 Å². The van der Waals surface area contributed by atoms with Gasteiger partial charge in [-0.25, -0.2) is 4.98 Å². The van der Waals surface area contributed by atoms with Crippen molar-refractivity contribution < 1.29 is 4.79 Å². The van der Waals surface area contributed by atoms with Gasteiger partial charge in [-0.2, -0.15) is 0 Å². The van der Waals surface area contributed by atoms with E-state index in [4.69, 9.17) is 11.6 Å². The second-order valence-corrected chi connectivity index (χ2v) is 5.52. The van der Waals surface area contributed by atoms with E-state index in [0.717, 1.165) is 22.8 Å². The van der Waals surface area contributed by atoms with Crippen molar-refractivity contribution in [1.82, 2.24) is 15.6 Å². The normalized spacial score (nSPS) is 10.5. The van der Waals surface area contributed by atoms with Gasteiger partial charge < -0.3 is 10.6 Å². The Labute approximate surface area is 127 Å². The topological polar surface area (TPSA) is 54.0 Å². The zero-order valence-corrected chi connectivity index (χ0v) is 12.7. The van der Waals surface area contributed by atoms with Gasteiger partial charge in [0.05, 0.1) is 17.1 Å². The molecule has 2 rings (SSSR count). The quantitative estimate of drug-likeness (QED) is 0.805. The number of hydrogen-bond donors (Lipinski definition) is 2. The van der Waals surface area contributed by atoms with E-state index in [1.807, 2.05) is 36.7 Å². The van der Waals surface area contributed by atoms with Crippen LogP contribution < -0.4 is 10.6 Å². The molecule has 1 aromatic heterocycles. The number of aromatic nitrogens is 1. The van der Waals surface area contributed by atoms with E-state index in [2.05, 4.69) is 15.6 Å². The summed E-state index contributed by atoms with van der Waals surface area (Å²) in [5.41, 5.74) is 1.67. The summed E-state index contributed by atoms with van der Waals surface area (Å²) in [7, 11) is 1.85. The number of amides is 1. The summed E-state index contributed by atoms with van der Waals surface area (Å²) in [4.78, 5) is 16.2. The van der Waals surface area contributed by atoms with Gasteiger partial charge in [0.1, 0.15) is 5.01 Å². The molecule has 1 amide bonds. The van der Waals surface area contributed by atoms with Gasteiger partial charge >= 0.3 is 0 Å². The summed E-state index contributed by atoms with van der Waals surface area (Å²) in [6.45, 7) is 1.38. The Morgan fingerprint density at radius 2 is 2.15 bits per heavy atom. The van der Waals surface area contributed by atoms with Gasteiger partial charge in [0, 0.05) is 24.0 Å². The minimum Gasteiger partial charge on any atom is -0.354 e. The van der Waals surface area contributed by atoms with Gasteiger partial charge in [-0.05, 0) is 13.1 Å². The zero-order valence-electron chi connectivity index (χ0n) is 11.1. The fourth-order valence-corrected chi connectivity index (χ4v) is 2.84. The van der Waals surface area contributed by atoms with E-state index in [9.17, 15) is 4.79 Å². The second kappa shape index (κ2) is 7.38. The second-order valence-electron chi connectivity index (χ2n) is 4.25. The van der Waals surface area contributed by atoms with Crippen molar-refractivity contribution in [2.45, 2.75) is 6.42 Å². The molecule has 0 spiro atoms.